The molecule has 1 rings (SSSR count). The van der Waals surface area contributed by atoms with Gasteiger partial charge in [0.25, 0.3) is 6.43 Å². The van der Waals surface area contributed by atoms with E-state index in [1.165, 1.54) is 20.3 Å². The molecule has 84 valence electrons. The molecule has 0 atom stereocenters. The number of rotatable bonds is 4. The predicted octanol–water partition coefficient (Wildman–Crippen LogP) is 2.93. The number of aromatic nitrogens is 1. The molecule has 0 aliphatic heterocycles. The number of hydrogen-bond donors (Lipinski definition) is 0. The van der Waals surface area contributed by atoms with Crippen molar-refractivity contribution in [3.8, 4) is 11.6 Å². The Morgan fingerprint density at radius 2 is 2.07 bits per heavy atom. The van der Waals surface area contributed by atoms with Crippen LogP contribution in [0.5, 0.6) is 11.6 Å². The molecule has 0 aromatic carbocycles. The van der Waals surface area contributed by atoms with Gasteiger partial charge in [-0.05, 0) is 0 Å². The second-order valence-electron chi connectivity index (χ2n) is 2.67. The third-order valence-electron chi connectivity index (χ3n) is 1.81. The maximum absolute atomic E-state index is 12.7. The summed E-state index contributed by atoms with van der Waals surface area (Å²) in [5, 5.41) is 0.448. The molecule has 1 heterocycles. The molecule has 0 saturated heterocycles. The molecule has 0 unspecified atom stereocenters. The molecular weight excluding hydrogens is 272 g/mol. The first-order chi connectivity index (χ1) is 7.13. The van der Waals surface area contributed by atoms with Crippen LogP contribution in [0.4, 0.5) is 8.78 Å². The Balaban J connectivity index is 3.32. The molecule has 0 bridgehead atoms. The van der Waals surface area contributed by atoms with Gasteiger partial charge in [-0.25, -0.2) is 13.8 Å². The van der Waals surface area contributed by atoms with Crippen LogP contribution in [0.1, 0.15) is 17.7 Å². The first kappa shape index (κ1) is 12.2. The van der Waals surface area contributed by atoms with E-state index >= 15 is 0 Å². The van der Waals surface area contributed by atoms with Gasteiger partial charge in [0.05, 0.1) is 19.9 Å². The van der Waals surface area contributed by atoms with Crippen LogP contribution in [-0.4, -0.2) is 19.2 Å². The summed E-state index contributed by atoms with van der Waals surface area (Å²) in [6.07, 6.45) is -2.67. The van der Waals surface area contributed by atoms with Crippen LogP contribution < -0.4 is 9.47 Å². The van der Waals surface area contributed by atoms with E-state index in [1.807, 2.05) is 0 Å². The molecule has 0 radical (unpaired) electrons. The molecular formula is C9H10BrF2NO2. The van der Waals surface area contributed by atoms with Crippen molar-refractivity contribution < 1.29 is 18.3 Å². The highest BCUT2D eigenvalue weighted by molar-refractivity contribution is 9.08. The molecule has 3 nitrogen and oxygen atoms in total. The smallest absolute Gasteiger partial charge is 0.272 e. The lowest BCUT2D eigenvalue weighted by molar-refractivity contribution is 0.141. The van der Waals surface area contributed by atoms with Crippen LogP contribution in [0.2, 0.25) is 0 Å². The normalized spacial score (nSPS) is 10.5. The van der Waals surface area contributed by atoms with Crippen molar-refractivity contribution in [3.05, 3.63) is 17.3 Å². The maximum atomic E-state index is 12.7. The summed E-state index contributed by atoms with van der Waals surface area (Å²) in [4.78, 5) is 3.91. The number of ether oxygens (including phenoxy) is 2. The fraction of sp³-hybridized carbons (Fsp3) is 0.444. The molecule has 6 heteroatoms. The van der Waals surface area contributed by atoms with E-state index in [0.29, 0.717) is 11.0 Å². The second kappa shape index (κ2) is 5.25. The molecule has 0 saturated carbocycles. The minimum Gasteiger partial charge on any atom is -0.496 e. The van der Waals surface area contributed by atoms with E-state index in [4.69, 9.17) is 9.47 Å². The van der Waals surface area contributed by atoms with E-state index < -0.39 is 6.43 Å². The summed E-state index contributed by atoms with van der Waals surface area (Å²) in [7, 11) is 2.63. The zero-order valence-electron chi connectivity index (χ0n) is 8.26. The summed E-state index contributed by atoms with van der Waals surface area (Å²) in [6, 6.07) is 1.46. The molecule has 15 heavy (non-hydrogen) atoms. The lowest BCUT2D eigenvalue weighted by atomic mass is 10.2. The highest BCUT2D eigenvalue weighted by atomic mass is 79.9. The van der Waals surface area contributed by atoms with Crippen LogP contribution in [-0.2, 0) is 5.33 Å². The van der Waals surface area contributed by atoms with Gasteiger partial charge in [-0.3, -0.25) is 0 Å². The number of methoxy groups -OCH3 is 2. The Hall–Kier alpha value is -0.910. The summed E-state index contributed by atoms with van der Waals surface area (Å²) in [5.41, 5.74) is 0.262. The molecule has 1 aromatic rings. The molecule has 0 N–H and O–H groups in total. The van der Waals surface area contributed by atoms with E-state index in [-0.39, 0.29) is 17.2 Å². The lowest BCUT2D eigenvalue weighted by Crippen LogP contribution is -2.02. The minimum absolute atomic E-state index is 0.0892. The number of hydrogen-bond acceptors (Lipinski definition) is 3. The summed E-state index contributed by atoms with van der Waals surface area (Å²) in [5.74, 6) is -0.00917. The van der Waals surface area contributed by atoms with Crippen molar-refractivity contribution in [3.63, 3.8) is 0 Å². The van der Waals surface area contributed by atoms with Gasteiger partial charge < -0.3 is 9.47 Å². The number of alkyl halides is 3. The Morgan fingerprint density at radius 3 is 2.47 bits per heavy atom. The first-order valence-electron chi connectivity index (χ1n) is 4.10. The van der Waals surface area contributed by atoms with Crippen LogP contribution in [0, 0.1) is 0 Å². The summed E-state index contributed by atoms with van der Waals surface area (Å²) < 4.78 is 35.0. The molecule has 0 spiro atoms. The van der Waals surface area contributed by atoms with Gasteiger partial charge >= 0.3 is 0 Å². The highest BCUT2D eigenvalue weighted by Crippen LogP contribution is 2.36. The number of pyridine rings is 1. The fourth-order valence-electron chi connectivity index (χ4n) is 1.15. The van der Waals surface area contributed by atoms with E-state index in [9.17, 15) is 8.78 Å². The van der Waals surface area contributed by atoms with Crippen molar-refractivity contribution in [2.24, 2.45) is 0 Å². The summed E-state index contributed by atoms with van der Waals surface area (Å²) >= 11 is 3.18. The molecule has 0 aliphatic carbocycles. The van der Waals surface area contributed by atoms with Crippen LogP contribution in [0.25, 0.3) is 0 Å². The highest BCUT2D eigenvalue weighted by Gasteiger charge is 2.22. The zero-order chi connectivity index (χ0) is 11.4. The van der Waals surface area contributed by atoms with Gasteiger partial charge in [0.2, 0.25) is 5.88 Å². The van der Waals surface area contributed by atoms with Crippen LogP contribution in [0.3, 0.4) is 0 Å². The van der Waals surface area contributed by atoms with Gasteiger partial charge in [0.1, 0.15) is 11.3 Å². The minimum atomic E-state index is -2.67. The van der Waals surface area contributed by atoms with Gasteiger partial charge in [-0.15, -0.1) is 0 Å². The number of halogens is 3. The molecule has 1 aromatic heterocycles. The topological polar surface area (TPSA) is 31.4 Å². The average Bonchev–Trinajstić information content (AvgIpc) is 2.26. The fourth-order valence-corrected chi connectivity index (χ4v) is 1.44. The quantitative estimate of drug-likeness (QED) is 0.796. The van der Waals surface area contributed by atoms with Gasteiger partial charge in [0, 0.05) is 11.4 Å². The van der Waals surface area contributed by atoms with Gasteiger partial charge in [-0.2, -0.15) is 0 Å². The van der Waals surface area contributed by atoms with Crippen LogP contribution >= 0.6 is 15.9 Å². The Kier molecular flexibility index (Phi) is 4.26. The summed E-state index contributed by atoms with van der Waals surface area (Å²) in [6.45, 7) is 0. The predicted molar refractivity (Wildman–Crippen MR) is 54.9 cm³/mol. The largest absolute Gasteiger partial charge is 0.496 e. The van der Waals surface area contributed by atoms with Crippen molar-refractivity contribution in [2.75, 3.05) is 14.2 Å². The second-order valence-corrected chi connectivity index (χ2v) is 3.23. The van der Waals surface area contributed by atoms with Crippen molar-refractivity contribution in [1.29, 1.82) is 0 Å². The molecule has 0 aliphatic rings. The Bertz CT molecular complexity index is 322. The zero-order valence-corrected chi connectivity index (χ0v) is 9.85. The maximum Gasteiger partial charge on any atom is 0.272 e. The van der Waals surface area contributed by atoms with Gasteiger partial charge in [-0.1, -0.05) is 15.9 Å². The monoisotopic (exact) mass is 281 g/mol. The number of nitrogens with zero attached hydrogens (tertiary/aromatic N) is 1. The van der Waals surface area contributed by atoms with Crippen molar-refractivity contribution in [2.45, 2.75) is 11.8 Å². The van der Waals surface area contributed by atoms with E-state index in [1.54, 1.807) is 0 Å². The van der Waals surface area contributed by atoms with E-state index in [0.717, 1.165) is 0 Å². The SMILES string of the molecule is COc1cc(CBr)nc(OC)c1C(F)F. The molecule has 0 fully saturated rings. The van der Waals surface area contributed by atoms with E-state index in [2.05, 4.69) is 20.9 Å². The Labute approximate surface area is 94.5 Å². The standard InChI is InChI=1S/C9H10BrF2NO2/c1-14-6-3-5(4-10)13-9(15-2)7(6)8(11)12/h3,8H,4H2,1-2H3. The average molecular weight is 282 g/mol. The Morgan fingerprint density at radius 1 is 1.40 bits per heavy atom. The van der Waals surface area contributed by atoms with Gasteiger partial charge in [0.15, 0.2) is 0 Å². The lowest BCUT2D eigenvalue weighted by Gasteiger charge is -2.12. The third kappa shape index (κ3) is 2.56. The molecule has 0 amide bonds. The third-order valence-corrected chi connectivity index (χ3v) is 2.38. The first-order valence-corrected chi connectivity index (χ1v) is 5.22. The van der Waals surface area contributed by atoms with Crippen molar-refractivity contribution in [1.82, 2.24) is 4.98 Å². The van der Waals surface area contributed by atoms with Crippen molar-refractivity contribution >= 4 is 15.9 Å². The van der Waals surface area contributed by atoms with Crippen LogP contribution in [0.15, 0.2) is 6.07 Å².